The molecule has 1 amide bonds. The molecule has 3 rings (SSSR count). The van der Waals surface area contributed by atoms with Crippen LogP contribution in [0.5, 0.6) is 0 Å². The highest BCUT2D eigenvalue weighted by molar-refractivity contribution is 7.99. The van der Waals surface area contributed by atoms with E-state index >= 15 is 0 Å². The molecular formula is C16H14ClN3O2S2. The van der Waals surface area contributed by atoms with Gasteiger partial charge in [0.1, 0.15) is 0 Å². The predicted octanol–water partition coefficient (Wildman–Crippen LogP) is 4.42. The van der Waals surface area contributed by atoms with Gasteiger partial charge in [0, 0.05) is 5.02 Å². The number of aromatic nitrogens is 2. The second kappa shape index (κ2) is 7.83. The molecule has 8 heteroatoms. The first-order chi connectivity index (χ1) is 11.6. The summed E-state index contributed by atoms with van der Waals surface area (Å²) in [4.78, 5) is 13.0. The number of hydrogen-bond donors (Lipinski definition) is 1. The van der Waals surface area contributed by atoms with Gasteiger partial charge in [-0.25, -0.2) is 0 Å². The van der Waals surface area contributed by atoms with Crippen LogP contribution in [0.4, 0.5) is 0 Å². The minimum Gasteiger partial charge on any atom is -0.410 e. The minimum atomic E-state index is -0.124. The molecule has 2 aromatic heterocycles. The maximum Gasteiger partial charge on any atom is 0.277 e. The third-order valence-electron chi connectivity index (χ3n) is 3.19. The standard InChI is InChI=1S/C16H14ClN3O2S2/c1-10(11-4-2-5-12(17)8-11)18-14(21)9-24-16-20-19-15(22-16)13-6-3-7-23-13/h2-8,10H,9H2,1H3,(H,18,21). The van der Waals surface area contributed by atoms with Crippen molar-refractivity contribution in [2.45, 2.75) is 18.2 Å². The van der Waals surface area contributed by atoms with E-state index in [9.17, 15) is 4.79 Å². The van der Waals surface area contributed by atoms with Crippen molar-refractivity contribution in [3.8, 4) is 10.8 Å². The number of thiophene rings is 1. The maximum absolute atomic E-state index is 12.1. The van der Waals surface area contributed by atoms with Crippen molar-refractivity contribution in [1.29, 1.82) is 0 Å². The Kier molecular flexibility index (Phi) is 5.55. The maximum atomic E-state index is 12.1. The van der Waals surface area contributed by atoms with Crippen molar-refractivity contribution >= 4 is 40.6 Å². The normalized spacial score (nSPS) is 12.1. The molecule has 1 aromatic carbocycles. The molecule has 0 aliphatic carbocycles. The average molecular weight is 380 g/mol. The third kappa shape index (κ3) is 4.37. The number of amides is 1. The number of carbonyl (C=O) groups excluding carboxylic acids is 1. The Bertz CT molecular complexity index is 820. The smallest absolute Gasteiger partial charge is 0.277 e. The van der Waals surface area contributed by atoms with Gasteiger partial charge in [-0.1, -0.05) is 41.6 Å². The average Bonchev–Trinajstić information content (AvgIpc) is 3.24. The minimum absolute atomic E-state index is 0.108. The number of thioether (sulfide) groups is 1. The molecule has 124 valence electrons. The number of halogens is 1. The van der Waals surface area contributed by atoms with Crippen LogP contribution in [0.25, 0.3) is 10.8 Å². The fourth-order valence-corrected chi connectivity index (χ4v) is 3.45. The first-order valence-electron chi connectivity index (χ1n) is 7.17. The van der Waals surface area contributed by atoms with Gasteiger partial charge in [-0.3, -0.25) is 4.79 Å². The van der Waals surface area contributed by atoms with E-state index in [1.165, 1.54) is 23.1 Å². The lowest BCUT2D eigenvalue weighted by Crippen LogP contribution is -2.28. The van der Waals surface area contributed by atoms with E-state index in [2.05, 4.69) is 15.5 Å². The largest absolute Gasteiger partial charge is 0.410 e. The molecule has 0 spiro atoms. The van der Waals surface area contributed by atoms with Crippen molar-refractivity contribution in [3.05, 3.63) is 52.4 Å². The van der Waals surface area contributed by atoms with Gasteiger partial charge in [-0.05, 0) is 36.1 Å². The SMILES string of the molecule is CC(NC(=O)CSc1nnc(-c2cccs2)o1)c1cccc(Cl)c1. The molecule has 1 N–H and O–H groups in total. The van der Waals surface area contributed by atoms with Gasteiger partial charge in [0.25, 0.3) is 11.1 Å². The molecule has 5 nitrogen and oxygen atoms in total. The van der Waals surface area contributed by atoms with Crippen LogP contribution in [-0.4, -0.2) is 21.9 Å². The van der Waals surface area contributed by atoms with E-state index in [-0.39, 0.29) is 17.7 Å². The van der Waals surface area contributed by atoms with Crippen LogP contribution in [0.15, 0.2) is 51.4 Å². The summed E-state index contributed by atoms with van der Waals surface area (Å²) in [6.07, 6.45) is 0. The van der Waals surface area contributed by atoms with Gasteiger partial charge >= 0.3 is 0 Å². The summed E-state index contributed by atoms with van der Waals surface area (Å²) in [7, 11) is 0. The van der Waals surface area contributed by atoms with Crippen molar-refractivity contribution < 1.29 is 9.21 Å². The van der Waals surface area contributed by atoms with Crippen LogP contribution in [0.1, 0.15) is 18.5 Å². The predicted molar refractivity (Wildman–Crippen MR) is 96.3 cm³/mol. The zero-order valence-electron chi connectivity index (χ0n) is 12.7. The van der Waals surface area contributed by atoms with E-state index in [1.807, 2.05) is 42.6 Å². The molecule has 0 aliphatic heterocycles. The van der Waals surface area contributed by atoms with Crippen molar-refractivity contribution in [3.63, 3.8) is 0 Å². The van der Waals surface area contributed by atoms with Gasteiger partial charge in [-0.2, -0.15) is 0 Å². The highest BCUT2D eigenvalue weighted by Crippen LogP contribution is 2.26. The summed E-state index contributed by atoms with van der Waals surface area (Å²) >= 11 is 8.71. The van der Waals surface area contributed by atoms with Crippen molar-refractivity contribution in [2.75, 3.05) is 5.75 Å². The molecular weight excluding hydrogens is 366 g/mol. The van der Waals surface area contributed by atoms with E-state index in [0.717, 1.165) is 10.4 Å². The van der Waals surface area contributed by atoms with Crippen LogP contribution in [0.3, 0.4) is 0 Å². The topological polar surface area (TPSA) is 68.0 Å². The van der Waals surface area contributed by atoms with Crippen molar-refractivity contribution in [2.24, 2.45) is 0 Å². The Morgan fingerprint density at radius 3 is 3.00 bits per heavy atom. The number of hydrogen-bond acceptors (Lipinski definition) is 6. The zero-order chi connectivity index (χ0) is 16.9. The molecule has 0 fully saturated rings. The van der Waals surface area contributed by atoms with Crippen LogP contribution >= 0.6 is 34.7 Å². The number of rotatable bonds is 6. The van der Waals surface area contributed by atoms with Gasteiger partial charge in [0.15, 0.2) is 0 Å². The van der Waals surface area contributed by atoms with Crippen molar-refractivity contribution in [1.82, 2.24) is 15.5 Å². The van der Waals surface area contributed by atoms with E-state index in [4.69, 9.17) is 16.0 Å². The number of nitrogens with zero attached hydrogens (tertiary/aromatic N) is 2. The van der Waals surface area contributed by atoms with Gasteiger partial charge < -0.3 is 9.73 Å². The van der Waals surface area contributed by atoms with E-state index in [1.54, 1.807) is 6.07 Å². The number of nitrogens with one attached hydrogen (secondary N) is 1. The molecule has 0 saturated carbocycles. The van der Waals surface area contributed by atoms with E-state index in [0.29, 0.717) is 16.1 Å². The second-order valence-corrected chi connectivity index (χ2v) is 7.29. The number of carbonyl (C=O) groups is 1. The summed E-state index contributed by atoms with van der Waals surface area (Å²) < 4.78 is 5.54. The Morgan fingerprint density at radius 1 is 1.38 bits per heavy atom. The molecule has 1 atom stereocenters. The van der Waals surface area contributed by atoms with Crippen LogP contribution < -0.4 is 5.32 Å². The molecule has 2 heterocycles. The molecule has 24 heavy (non-hydrogen) atoms. The van der Waals surface area contributed by atoms with Gasteiger partial charge in [0.2, 0.25) is 5.91 Å². The molecule has 0 bridgehead atoms. The van der Waals surface area contributed by atoms with Crippen LogP contribution in [-0.2, 0) is 4.79 Å². The number of benzene rings is 1. The first kappa shape index (κ1) is 17.0. The molecule has 3 aromatic rings. The van der Waals surface area contributed by atoms with Gasteiger partial charge in [-0.15, -0.1) is 21.5 Å². The van der Waals surface area contributed by atoms with E-state index < -0.39 is 0 Å². The molecule has 0 saturated heterocycles. The lowest BCUT2D eigenvalue weighted by Gasteiger charge is -2.14. The highest BCUT2D eigenvalue weighted by atomic mass is 35.5. The third-order valence-corrected chi connectivity index (χ3v) is 5.10. The molecule has 0 aliphatic rings. The van der Waals surface area contributed by atoms with Gasteiger partial charge in [0.05, 0.1) is 16.7 Å². The molecule has 0 radical (unpaired) electrons. The van der Waals surface area contributed by atoms with Crippen LogP contribution in [0, 0.1) is 0 Å². The Hall–Kier alpha value is -1.83. The fourth-order valence-electron chi connectivity index (χ4n) is 2.04. The Labute approximate surface area is 152 Å². The summed E-state index contributed by atoms with van der Waals surface area (Å²) in [5.41, 5.74) is 0.957. The second-order valence-electron chi connectivity index (χ2n) is 4.98. The summed E-state index contributed by atoms with van der Waals surface area (Å²) in [5, 5.41) is 13.8. The van der Waals surface area contributed by atoms with Crippen LogP contribution in [0.2, 0.25) is 5.02 Å². The lowest BCUT2D eigenvalue weighted by atomic mass is 10.1. The monoisotopic (exact) mass is 379 g/mol. The highest BCUT2D eigenvalue weighted by Gasteiger charge is 2.14. The summed E-state index contributed by atoms with van der Waals surface area (Å²) in [6, 6.07) is 11.1. The summed E-state index contributed by atoms with van der Waals surface area (Å²) in [5.74, 6) is 0.570. The Morgan fingerprint density at radius 2 is 2.25 bits per heavy atom. The zero-order valence-corrected chi connectivity index (χ0v) is 15.1. The quantitative estimate of drug-likeness (QED) is 0.642. The lowest BCUT2D eigenvalue weighted by molar-refractivity contribution is -0.119. The molecule has 1 unspecified atom stereocenters. The fraction of sp³-hybridized carbons (Fsp3) is 0.188. The Balaban J connectivity index is 1.52. The first-order valence-corrected chi connectivity index (χ1v) is 9.41. The summed E-state index contributed by atoms with van der Waals surface area (Å²) in [6.45, 7) is 1.91.